The van der Waals surface area contributed by atoms with Crippen molar-refractivity contribution in [3.8, 4) is 0 Å². The first-order valence-corrected chi connectivity index (χ1v) is 11.9. The molecule has 0 aromatic heterocycles. The summed E-state index contributed by atoms with van der Waals surface area (Å²) in [4.78, 5) is 26.9. The lowest BCUT2D eigenvalue weighted by molar-refractivity contribution is -0.135. The second-order valence-corrected chi connectivity index (χ2v) is 8.73. The highest BCUT2D eigenvalue weighted by Crippen LogP contribution is 2.26. The van der Waals surface area contributed by atoms with Crippen LogP contribution >= 0.6 is 0 Å². The van der Waals surface area contributed by atoms with Gasteiger partial charge in [-0.05, 0) is 39.5 Å². The molecule has 2 aliphatic heterocycles. The Morgan fingerprint density at radius 3 is 2.40 bits per heavy atom. The Kier molecular flexibility index (Phi) is 9.21. The Morgan fingerprint density at radius 2 is 1.80 bits per heavy atom. The minimum absolute atomic E-state index is 0.0161. The molecule has 0 bridgehead atoms. The number of methoxy groups -OCH3 is 1. The molecule has 1 saturated carbocycles. The molecule has 1 unspecified atom stereocenters. The summed E-state index contributed by atoms with van der Waals surface area (Å²) in [6.45, 7) is 14.2. The zero-order chi connectivity index (χ0) is 21.3. The van der Waals surface area contributed by atoms with Gasteiger partial charge in [-0.3, -0.25) is 19.6 Å². The van der Waals surface area contributed by atoms with E-state index in [0.29, 0.717) is 5.91 Å². The number of carbonyl (C=O) groups is 1. The summed E-state index contributed by atoms with van der Waals surface area (Å²) in [6, 6.07) is 0.716. The molecule has 3 rings (SSSR count). The first-order chi connectivity index (χ1) is 14.6. The maximum atomic E-state index is 12.7. The van der Waals surface area contributed by atoms with Crippen molar-refractivity contribution >= 4 is 11.9 Å². The first kappa shape index (κ1) is 23.3. The maximum Gasteiger partial charge on any atom is 0.239 e. The molecule has 0 aromatic carbocycles. The summed E-state index contributed by atoms with van der Waals surface area (Å²) in [5.74, 6) is 1.32. The number of likely N-dealkylation sites (tertiary alicyclic amines) is 1. The molecule has 1 aliphatic carbocycles. The van der Waals surface area contributed by atoms with Crippen molar-refractivity contribution in [1.29, 1.82) is 0 Å². The topological polar surface area (TPSA) is 63.7 Å². The van der Waals surface area contributed by atoms with Crippen molar-refractivity contribution < 1.29 is 9.53 Å². The van der Waals surface area contributed by atoms with Crippen LogP contribution in [-0.4, -0.2) is 123 Å². The van der Waals surface area contributed by atoms with E-state index < -0.39 is 0 Å². The Balaban J connectivity index is 1.47. The summed E-state index contributed by atoms with van der Waals surface area (Å²) < 4.78 is 5.26. The van der Waals surface area contributed by atoms with Gasteiger partial charge in [-0.2, -0.15) is 0 Å². The number of ether oxygens (including phenoxy) is 1. The molecule has 30 heavy (non-hydrogen) atoms. The summed E-state index contributed by atoms with van der Waals surface area (Å²) >= 11 is 0. The molecule has 1 amide bonds. The molecule has 1 N–H and O–H groups in total. The zero-order valence-electron chi connectivity index (χ0n) is 19.3. The lowest BCUT2D eigenvalue weighted by Gasteiger charge is -2.39. The molecule has 0 radical (unpaired) electrons. The lowest BCUT2D eigenvalue weighted by atomic mass is 10.2. The van der Waals surface area contributed by atoms with Gasteiger partial charge in [0, 0.05) is 72.1 Å². The van der Waals surface area contributed by atoms with E-state index in [9.17, 15) is 4.79 Å². The Hall–Kier alpha value is -1.38. The van der Waals surface area contributed by atoms with Crippen LogP contribution in [0.4, 0.5) is 0 Å². The van der Waals surface area contributed by atoms with Crippen LogP contribution < -0.4 is 5.32 Å². The van der Waals surface area contributed by atoms with E-state index in [0.717, 1.165) is 96.9 Å². The average molecular weight is 423 g/mol. The highest BCUT2D eigenvalue weighted by atomic mass is 16.5. The number of nitrogens with zero attached hydrogens (tertiary/aromatic N) is 5. The molecule has 3 aliphatic rings. The summed E-state index contributed by atoms with van der Waals surface area (Å²) in [5, 5.41) is 3.46. The van der Waals surface area contributed by atoms with Crippen LogP contribution in [0.15, 0.2) is 4.99 Å². The van der Waals surface area contributed by atoms with Crippen molar-refractivity contribution in [2.45, 2.75) is 51.6 Å². The number of hydrogen-bond donors (Lipinski definition) is 1. The maximum absolute atomic E-state index is 12.7. The summed E-state index contributed by atoms with van der Waals surface area (Å²) in [6.07, 6.45) is 4.92. The highest BCUT2D eigenvalue weighted by Gasteiger charge is 2.31. The largest absolute Gasteiger partial charge is 0.383 e. The summed E-state index contributed by atoms with van der Waals surface area (Å²) in [7, 11) is 1.77. The third kappa shape index (κ3) is 6.56. The number of nitrogens with one attached hydrogen (secondary N) is 1. The van der Waals surface area contributed by atoms with Crippen molar-refractivity contribution in [3.05, 3.63) is 0 Å². The molecule has 2 saturated heterocycles. The smallest absolute Gasteiger partial charge is 0.239 e. The number of guanidine groups is 1. The van der Waals surface area contributed by atoms with Gasteiger partial charge in [0.15, 0.2) is 5.96 Å². The van der Waals surface area contributed by atoms with Crippen molar-refractivity contribution in [2.24, 2.45) is 4.99 Å². The second kappa shape index (κ2) is 11.9. The molecule has 3 fully saturated rings. The molecule has 8 nitrogen and oxygen atoms in total. The SMILES string of the molecule is CCNC(=NCCN(CCOC)C1CC1)N1CCN(C(C)C(=O)N2CCCC2)CC1. The van der Waals surface area contributed by atoms with E-state index in [4.69, 9.17) is 9.73 Å². The molecule has 0 spiro atoms. The number of amides is 1. The number of aliphatic imine (C=N–C) groups is 1. The standard InChI is InChI=1S/C22H42N6O2/c1-4-23-22(24-9-12-26(17-18-30-3)20-7-8-20)28-15-13-25(14-16-28)19(2)21(29)27-10-5-6-11-27/h19-20H,4-18H2,1-3H3,(H,23,24). The minimum atomic E-state index is -0.0161. The quantitative estimate of drug-likeness (QED) is 0.413. The fraction of sp³-hybridized carbons (Fsp3) is 0.909. The fourth-order valence-electron chi connectivity index (χ4n) is 4.51. The molecule has 1 atom stereocenters. The van der Waals surface area contributed by atoms with Crippen LogP contribution in [0.5, 0.6) is 0 Å². The molecular formula is C22H42N6O2. The van der Waals surface area contributed by atoms with Crippen molar-refractivity contribution in [2.75, 3.05) is 79.2 Å². The second-order valence-electron chi connectivity index (χ2n) is 8.73. The number of piperazine rings is 1. The predicted molar refractivity (Wildman–Crippen MR) is 121 cm³/mol. The Morgan fingerprint density at radius 1 is 1.10 bits per heavy atom. The Labute approximate surface area is 182 Å². The van der Waals surface area contributed by atoms with Gasteiger partial charge in [-0.1, -0.05) is 0 Å². The average Bonchev–Trinajstić information content (AvgIpc) is 3.47. The van der Waals surface area contributed by atoms with Gasteiger partial charge in [0.1, 0.15) is 0 Å². The van der Waals surface area contributed by atoms with E-state index in [1.807, 2.05) is 4.90 Å². The summed E-state index contributed by atoms with van der Waals surface area (Å²) in [5.41, 5.74) is 0. The zero-order valence-corrected chi connectivity index (χ0v) is 19.3. The molecule has 8 heteroatoms. The fourth-order valence-corrected chi connectivity index (χ4v) is 4.51. The van der Waals surface area contributed by atoms with E-state index in [1.165, 1.54) is 12.8 Å². The minimum Gasteiger partial charge on any atom is -0.383 e. The van der Waals surface area contributed by atoms with Crippen LogP contribution in [0, 0.1) is 0 Å². The van der Waals surface area contributed by atoms with Crippen LogP contribution in [0.25, 0.3) is 0 Å². The number of hydrogen-bond acceptors (Lipinski definition) is 5. The van der Waals surface area contributed by atoms with Gasteiger partial charge in [-0.25, -0.2) is 0 Å². The third-order valence-corrected chi connectivity index (χ3v) is 6.57. The number of carbonyl (C=O) groups excluding carboxylic acids is 1. The molecule has 0 aromatic rings. The van der Waals surface area contributed by atoms with Gasteiger partial charge in [0.05, 0.1) is 19.2 Å². The molecular weight excluding hydrogens is 380 g/mol. The van der Waals surface area contributed by atoms with Crippen LogP contribution in [-0.2, 0) is 9.53 Å². The van der Waals surface area contributed by atoms with Gasteiger partial charge < -0.3 is 19.9 Å². The third-order valence-electron chi connectivity index (χ3n) is 6.57. The van der Waals surface area contributed by atoms with Crippen molar-refractivity contribution in [3.63, 3.8) is 0 Å². The van der Waals surface area contributed by atoms with E-state index in [1.54, 1.807) is 7.11 Å². The predicted octanol–water partition coefficient (Wildman–Crippen LogP) is 0.691. The molecule has 172 valence electrons. The lowest BCUT2D eigenvalue weighted by Crippen LogP contribution is -2.57. The Bertz CT molecular complexity index is 554. The van der Waals surface area contributed by atoms with E-state index >= 15 is 0 Å². The van der Waals surface area contributed by atoms with Gasteiger partial charge in [0.2, 0.25) is 5.91 Å². The van der Waals surface area contributed by atoms with E-state index in [-0.39, 0.29) is 6.04 Å². The molecule has 2 heterocycles. The van der Waals surface area contributed by atoms with Crippen molar-refractivity contribution in [1.82, 2.24) is 24.9 Å². The van der Waals surface area contributed by atoms with Gasteiger partial charge in [0.25, 0.3) is 0 Å². The van der Waals surface area contributed by atoms with Crippen LogP contribution in [0.3, 0.4) is 0 Å². The van der Waals surface area contributed by atoms with Gasteiger partial charge >= 0.3 is 0 Å². The highest BCUT2D eigenvalue weighted by molar-refractivity contribution is 5.82. The normalized spacial score (nSPS) is 22.1. The van der Waals surface area contributed by atoms with Crippen LogP contribution in [0.1, 0.15) is 39.5 Å². The monoisotopic (exact) mass is 422 g/mol. The van der Waals surface area contributed by atoms with Gasteiger partial charge in [-0.15, -0.1) is 0 Å². The van der Waals surface area contributed by atoms with E-state index in [2.05, 4.69) is 33.9 Å². The van der Waals surface area contributed by atoms with Crippen LogP contribution in [0.2, 0.25) is 0 Å². The number of rotatable bonds is 10. The first-order valence-electron chi connectivity index (χ1n) is 11.9.